The molecule has 0 radical (unpaired) electrons. The highest BCUT2D eigenvalue weighted by molar-refractivity contribution is 5.83. The molecule has 94 valence electrons. The molecule has 0 amide bonds. The van der Waals surface area contributed by atoms with Gasteiger partial charge < -0.3 is 4.57 Å². The molecule has 1 aromatic carbocycles. The van der Waals surface area contributed by atoms with E-state index in [9.17, 15) is 4.39 Å². The summed E-state index contributed by atoms with van der Waals surface area (Å²) in [7, 11) is 2.03. The Morgan fingerprint density at radius 1 is 1.17 bits per heavy atom. The first kappa shape index (κ1) is 12.6. The molecule has 0 spiro atoms. The van der Waals surface area contributed by atoms with E-state index in [2.05, 4.69) is 29.5 Å². The van der Waals surface area contributed by atoms with Crippen molar-refractivity contribution in [3.8, 4) is 0 Å². The lowest BCUT2D eigenvalue weighted by molar-refractivity contribution is 0.618. The maximum absolute atomic E-state index is 13.1. The molecule has 18 heavy (non-hydrogen) atoms. The van der Waals surface area contributed by atoms with Crippen molar-refractivity contribution < 1.29 is 4.39 Å². The molecule has 0 saturated carbocycles. The Bertz CT molecular complexity index is 609. The van der Waals surface area contributed by atoms with Gasteiger partial charge in [0, 0.05) is 30.2 Å². The van der Waals surface area contributed by atoms with E-state index >= 15 is 0 Å². The number of halogens is 1. The van der Waals surface area contributed by atoms with Crippen molar-refractivity contribution in [3.05, 3.63) is 52.6 Å². The fraction of sp³-hybridized carbons (Fsp3) is 0.267. The zero-order chi connectivity index (χ0) is 13.3. The summed E-state index contributed by atoms with van der Waals surface area (Å²) in [6.45, 7) is 5.86. The molecule has 0 saturated heterocycles. The smallest absolute Gasteiger partial charge is 0.126 e. The average molecular weight is 244 g/mol. The number of rotatable bonds is 2. The lowest BCUT2D eigenvalue weighted by Crippen LogP contribution is -1.93. The summed E-state index contributed by atoms with van der Waals surface area (Å²) in [6.07, 6.45) is 1.83. The van der Waals surface area contributed by atoms with Gasteiger partial charge in [-0.1, -0.05) is 0 Å². The van der Waals surface area contributed by atoms with E-state index in [1.165, 1.54) is 17.5 Å². The maximum atomic E-state index is 13.1. The van der Waals surface area contributed by atoms with Crippen LogP contribution in [0.5, 0.6) is 0 Å². The van der Waals surface area contributed by atoms with Gasteiger partial charge in [0.15, 0.2) is 0 Å². The quantitative estimate of drug-likeness (QED) is 0.714. The molecule has 0 N–H and O–H groups in total. The van der Waals surface area contributed by atoms with Gasteiger partial charge in [0.2, 0.25) is 0 Å². The van der Waals surface area contributed by atoms with Crippen LogP contribution in [0.4, 0.5) is 10.1 Å². The first-order chi connectivity index (χ1) is 8.49. The van der Waals surface area contributed by atoms with Crippen LogP contribution in [0, 0.1) is 26.6 Å². The van der Waals surface area contributed by atoms with Crippen LogP contribution in [0.15, 0.2) is 29.3 Å². The normalized spacial score (nSPS) is 11.4. The van der Waals surface area contributed by atoms with E-state index in [0.717, 1.165) is 11.3 Å². The average Bonchev–Trinajstić information content (AvgIpc) is 2.58. The maximum Gasteiger partial charge on any atom is 0.126 e. The molecule has 0 aliphatic rings. The predicted molar refractivity (Wildman–Crippen MR) is 73.3 cm³/mol. The Morgan fingerprint density at radius 2 is 1.89 bits per heavy atom. The van der Waals surface area contributed by atoms with E-state index in [4.69, 9.17) is 0 Å². The highest BCUT2D eigenvalue weighted by Gasteiger charge is 2.03. The monoisotopic (exact) mass is 244 g/mol. The van der Waals surface area contributed by atoms with Gasteiger partial charge in [0.1, 0.15) is 5.82 Å². The number of hydrogen-bond donors (Lipinski definition) is 0. The zero-order valence-corrected chi connectivity index (χ0v) is 11.2. The SMILES string of the molecule is Cc1cc(N=Cc2cc(C)n(C)c2C)ccc1F. The number of aryl methyl sites for hydroxylation is 2. The number of aromatic nitrogens is 1. The van der Waals surface area contributed by atoms with E-state index in [-0.39, 0.29) is 5.82 Å². The molecule has 2 rings (SSSR count). The van der Waals surface area contributed by atoms with Gasteiger partial charge in [0.25, 0.3) is 0 Å². The van der Waals surface area contributed by atoms with Crippen molar-refractivity contribution in [2.45, 2.75) is 20.8 Å². The standard InChI is InChI=1S/C15H17FN2/c1-10-7-14(5-6-15(10)16)17-9-13-8-11(2)18(4)12(13)3/h5-9H,1-4H3. The lowest BCUT2D eigenvalue weighted by atomic mass is 10.2. The molecule has 0 aliphatic heterocycles. The van der Waals surface area contributed by atoms with Gasteiger partial charge in [0.05, 0.1) is 5.69 Å². The van der Waals surface area contributed by atoms with E-state index in [0.29, 0.717) is 5.56 Å². The highest BCUT2D eigenvalue weighted by atomic mass is 19.1. The third-order valence-corrected chi connectivity index (χ3v) is 3.31. The van der Waals surface area contributed by atoms with Gasteiger partial charge in [-0.2, -0.15) is 0 Å². The lowest BCUT2D eigenvalue weighted by Gasteiger charge is -1.99. The molecule has 0 aliphatic carbocycles. The van der Waals surface area contributed by atoms with Crippen molar-refractivity contribution in [3.63, 3.8) is 0 Å². The van der Waals surface area contributed by atoms with Crippen LogP contribution in [0.2, 0.25) is 0 Å². The largest absolute Gasteiger partial charge is 0.352 e. The van der Waals surface area contributed by atoms with E-state index in [1.807, 2.05) is 13.3 Å². The summed E-state index contributed by atoms with van der Waals surface area (Å²) in [5.41, 5.74) is 4.86. The van der Waals surface area contributed by atoms with Crippen molar-refractivity contribution in [2.75, 3.05) is 0 Å². The van der Waals surface area contributed by atoms with E-state index < -0.39 is 0 Å². The van der Waals surface area contributed by atoms with E-state index in [1.54, 1.807) is 19.1 Å². The fourth-order valence-corrected chi connectivity index (χ4v) is 1.87. The van der Waals surface area contributed by atoms with Crippen LogP contribution >= 0.6 is 0 Å². The topological polar surface area (TPSA) is 17.3 Å². The molecule has 2 aromatic rings. The van der Waals surface area contributed by atoms with Gasteiger partial charge in [-0.25, -0.2) is 4.39 Å². The van der Waals surface area contributed by atoms with Crippen molar-refractivity contribution >= 4 is 11.9 Å². The molecule has 0 atom stereocenters. The molecule has 0 bridgehead atoms. The summed E-state index contributed by atoms with van der Waals surface area (Å²) in [5, 5.41) is 0. The Kier molecular flexibility index (Phi) is 3.32. The van der Waals surface area contributed by atoms with Crippen LogP contribution in [0.3, 0.4) is 0 Å². The Hall–Kier alpha value is -1.90. The zero-order valence-electron chi connectivity index (χ0n) is 11.2. The Morgan fingerprint density at radius 3 is 2.44 bits per heavy atom. The third kappa shape index (κ3) is 2.35. The summed E-state index contributed by atoms with van der Waals surface area (Å²) in [6, 6.07) is 6.97. The number of benzene rings is 1. The van der Waals surface area contributed by atoms with Crippen molar-refractivity contribution in [1.82, 2.24) is 4.57 Å². The molecular formula is C15H17FN2. The number of aliphatic imine (C=N–C) groups is 1. The first-order valence-corrected chi connectivity index (χ1v) is 5.92. The predicted octanol–water partition coefficient (Wildman–Crippen LogP) is 3.84. The van der Waals surface area contributed by atoms with Gasteiger partial charge >= 0.3 is 0 Å². The van der Waals surface area contributed by atoms with Gasteiger partial charge in [-0.3, -0.25) is 4.99 Å². The second-order valence-corrected chi connectivity index (χ2v) is 4.58. The Labute approximate surface area is 107 Å². The van der Waals surface area contributed by atoms with Crippen LogP contribution in [0.1, 0.15) is 22.5 Å². The van der Waals surface area contributed by atoms with Crippen molar-refractivity contribution in [1.29, 1.82) is 0 Å². The molecule has 1 aromatic heterocycles. The minimum Gasteiger partial charge on any atom is -0.352 e. The molecule has 0 fully saturated rings. The fourth-order valence-electron chi connectivity index (χ4n) is 1.87. The van der Waals surface area contributed by atoms with Crippen LogP contribution in [-0.4, -0.2) is 10.8 Å². The van der Waals surface area contributed by atoms with Crippen LogP contribution in [-0.2, 0) is 7.05 Å². The minimum atomic E-state index is -0.194. The third-order valence-electron chi connectivity index (χ3n) is 3.31. The minimum absolute atomic E-state index is 0.194. The number of nitrogens with zero attached hydrogens (tertiary/aromatic N) is 2. The molecule has 3 heteroatoms. The number of hydrogen-bond acceptors (Lipinski definition) is 1. The molecular weight excluding hydrogens is 227 g/mol. The highest BCUT2D eigenvalue weighted by Crippen LogP contribution is 2.18. The van der Waals surface area contributed by atoms with Crippen molar-refractivity contribution in [2.24, 2.45) is 12.0 Å². The summed E-state index contributed by atoms with van der Waals surface area (Å²) in [5.74, 6) is -0.194. The van der Waals surface area contributed by atoms with Crippen LogP contribution < -0.4 is 0 Å². The van der Waals surface area contributed by atoms with Crippen LogP contribution in [0.25, 0.3) is 0 Å². The molecule has 0 unspecified atom stereocenters. The van der Waals surface area contributed by atoms with Gasteiger partial charge in [-0.05, 0) is 50.6 Å². The second kappa shape index (κ2) is 4.77. The summed E-state index contributed by atoms with van der Waals surface area (Å²) >= 11 is 0. The van der Waals surface area contributed by atoms with Gasteiger partial charge in [-0.15, -0.1) is 0 Å². The first-order valence-electron chi connectivity index (χ1n) is 5.92. The Balaban J connectivity index is 2.30. The molecule has 1 heterocycles. The summed E-state index contributed by atoms with van der Waals surface area (Å²) in [4.78, 5) is 4.39. The second-order valence-electron chi connectivity index (χ2n) is 4.58. The molecule has 2 nitrogen and oxygen atoms in total. The summed E-state index contributed by atoms with van der Waals surface area (Å²) < 4.78 is 15.2.